The summed E-state index contributed by atoms with van der Waals surface area (Å²) in [6.45, 7) is 8.64. The SMILES string of the molecule is CCOc1cccc(C=Nc2cc(C(C)(C)C)ccc2O)c1O. The van der Waals surface area contributed by atoms with Crippen LogP contribution in [0.4, 0.5) is 5.69 Å². The molecule has 0 aliphatic heterocycles. The van der Waals surface area contributed by atoms with Gasteiger partial charge < -0.3 is 14.9 Å². The minimum Gasteiger partial charge on any atom is -0.506 e. The number of hydrogen-bond donors (Lipinski definition) is 2. The van der Waals surface area contributed by atoms with Gasteiger partial charge in [-0.3, -0.25) is 4.99 Å². The number of phenolic OH excluding ortho intramolecular Hbond substituents is 2. The number of benzene rings is 2. The van der Waals surface area contributed by atoms with Gasteiger partial charge in [0.05, 0.1) is 6.61 Å². The van der Waals surface area contributed by atoms with E-state index < -0.39 is 0 Å². The molecule has 0 unspecified atom stereocenters. The van der Waals surface area contributed by atoms with Gasteiger partial charge in [-0.15, -0.1) is 0 Å². The van der Waals surface area contributed by atoms with E-state index in [9.17, 15) is 10.2 Å². The number of rotatable bonds is 4. The van der Waals surface area contributed by atoms with Crippen molar-refractivity contribution >= 4 is 11.9 Å². The van der Waals surface area contributed by atoms with Crippen LogP contribution in [0.5, 0.6) is 17.2 Å². The lowest BCUT2D eigenvalue weighted by Crippen LogP contribution is -2.10. The molecule has 0 radical (unpaired) electrons. The molecule has 2 aromatic carbocycles. The molecule has 2 aromatic rings. The van der Waals surface area contributed by atoms with Gasteiger partial charge >= 0.3 is 0 Å². The summed E-state index contributed by atoms with van der Waals surface area (Å²) >= 11 is 0. The van der Waals surface area contributed by atoms with Crippen LogP contribution in [0, 0.1) is 0 Å². The zero-order chi connectivity index (χ0) is 17.0. The molecule has 0 saturated carbocycles. The lowest BCUT2D eigenvalue weighted by atomic mass is 9.87. The second-order valence-electron chi connectivity index (χ2n) is 6.34. The highest BCUT2D eigenvalue weighted by atomic mass is 16.5. The van der Waals surface area contributed by atoms with E-state index in [4.69, 9.17) is 4.74 Å². The number of hydrogen-bond acceptors (Lipinski definition) is 4. The zero-order valence-electron chi connectivity index (χ0n) is 14.0. The summed E-state index contributed by atoms with van der Waals surface area (Å²) < 4.78 is 5.36. The van der Waals surface area contributed by atoms with Gasteiger partial charge in [-0.25, -0.2) is 0 Å². The maximum absolute atomic E-state index is 10.2. The van der Waals surface area contributed by atoms with E-state index in [1.807, 2.05) is 19.1 Å². The zero-order valence-corrected chi connectivity index (χ0v) is 14.0. The van der Waals surface area contributed by atoms with Gasteiger partial charge in [0.1, 0.15) is 11.4 Å². The smallest absolute Gasteiger partial charge is 0.166 e. The predicted molar refractivity (Wildman–Crippen MR) is 93.3 cm³/mol. The minimum atomic E-state index is -0.0327. The first-order valence-electron chi connectivity index (χ1n) is 7.65. The molecule has 0 fully saturated rings. The van der Waals surface area contributed by atoms with Gasteiger partial charge in [-0.05, 0) is 42.2 Å². The third-order valence-electron chi connectivity index (χ3n) is 3.51. The standard InChI is InChI=1S/C19H23NO3/c1-5-23-17-8-6-7-13(18(17)22)12-20-15-11-14(19(2,3)4)9-10-16(15)21/h6-12,21-22H,5H2,1-4H3. The largest absolute Gasteiger partial charge is 0.506 e. The lowest BCUT2D eigenvalue weighted by molar-refractivity contribution is 0.318. The summed E-state index contributed by atoms with van der Waals surface area (Å²) in [4.78, 5) is 4.32. The third kappa shape index (κ3) is 4.03. The summed E-state index contributed by atoms with van der Waals surface area (Å²) in [5.41, 5.74) is 2.06. The van der Waals surface area contributed by atoms with E-state index in [-0.39, 0.29) is 16.9 Å². The molecular formula is C19H23NO3. The Kier molecular flexibility index (Phi) is 4.94. The van der Waals surface area contributed by atoms with Gasteiger partial charge in [-0.2, -0.15) is 0 Å². The van der Waals surface area contributed by atoms with Crippen LogP contribution < -0.4 is 4.74 Å². The summed E-state index contributed by atoms with van der Waals surface area (Å²) in [5, 5.41) is 20.2. The van der Waals surface area contributed by atoms with Crippen molar-refractivity contribution in [3.8, 4) is 17.2 Å². The maximum atomic E-state index is 10.2. The number of aliphatic imine (C=N–C) groups is 1. The van der Waals surface area contributed by atoms with E-state index in [2.05, 4.69) is 25.8 Å². The third-order valence-corrected chi connectivity index (χ3v) is 3.51. The molecule has 0 saturated heterocycles. The Morgan fingerprint density at radius 1 is 1.13 bits per heavy atom. The van der Waals surface area contributed by atoms with Gasteiger partial charge in [-0.1, -0.05) is 32.9 Å². The van der Waals surface area contributed by atoms with E-state index >= 15 is 0 Å². The fraction of sp³-hybridized carbons (Fsp3) is 0.316. The van der Waals surface area contributed by atoms with Crippen LogP contribution in [0.2, 0.25) is 0 Å². The molecular weight excluding hydrogens is 290 g/mol. The van der Waals surface area contributed by atoms with Crippen LogP contribution >= 0.6 is 0 Å². The van der Waals surface area contributed by atoms with Crippen molar-refractivity contribution in [2.45, 2.75) is 33.1 Å². The van der Waals surface area contributed by atoms with Crippen molar-refractivity contribution in [3.63, 3.8) is 0 Å². The van der Waals surface area contributed by atoms with E-state index in [1.165, 1.54) is 6.21 Å². The Morgan fingerprint density at radius 2 is 1.87 bits per heavy atom. The molecule has 0 heterocycles. The highest BCUT2D eigenvalue weighted by molar-refractivity contribution is 5.87. The first-order valence-corrected chi connectivity index (χ1v) is 7.65. The fourth-order valence-electron chi connectivity index (χ4n) is 2.15. The summed E-state index contributed by atoms with van der Waals surface area (Å²) in [6, 6.07) is 10.6. The number of para-hydroxylation sites is 1. The highest BCUT2D eigenvalue weighted by Gasteiger charge is 2.15. The van der Waals surface area contributed by atoms with Crippen LogP contribution in [0.25, 0.3) is 0 Å². The van der Waals surface area contributed by atoms with Crippen LogP contribution in [0.3, 0.4) is 0 Å². The molecule has 2 rings (SSSR count). The first-order chi connectivity index (χ1) is 10.8. The Morgan fingerprint density at radius 3 is 2.52 bits per heavy atom. The molecule has 4 heteroatoms. The normalized spacial score (nSPS) is 11.8. The van der Waals surface area contributed by atoms with Crippen molar-refractivity contribution in [2.75, 3.05) is 6.61 Å². The van der Waals surface area contributed by atoms with E-state index in [0.29, 0.717) is 23.6 Å². The molecule has 0 aliphatic rings. The summed E-state index contributed by atoms with van der Waals surface area (Å²) in [5.74, 6) is 0.573. The van der Waals surface area contributed by atoms with Crippen LogP contribution in [-0.2, 0) is 5.41 Å². The average Bonchev–Trinajstić information content (AvgIpc) is 2.48. The lowest BCUT2D eigenvalue weighted by Gasteiger charge is -2.19. The minimum absolute atomic E-state index is 0.0327. The Bertz CT molecular complexity index is 715. The van der Waals surface area contributed by atoms with E-state index in [1.54, 1.807) is 24.3 Å². The second kappa shape index (κ2) is 6.73. The predicted octanol–water partition coefficient (Wildman–Crippen LogP) is 4.54. The van der Waals surface area contributed by atoms with E-state index in [0.717, 1.165) is 5.56 Å². The summed E-state index contributed by atoms with van der Waals surface area (Å²) in [6.07, 6.45) is 1.53. The number of nitrogens with zero attached hydrogens (tertiary/aromatic N) is 1. The van der Waals surface area contributed by atoms with Crippen LogP contribution in [0.15, 0.2) is 41.4 Å². The topological polar surface area (TPSA) is 62.0 Å². The second-order valence-corrected chi connectivity index (χ2v) is 6.34. The molecule has 0 spiro atoms. The Labute approximate surface area is 137 Å². The number of phenols is 2. The van der Waals surface area contributed by atoms with Gasteiger partial charge in [0.2, 0.25) is 0 Å². The molecule has 0 aliphatic carbocycles. The fourth-order valence-corrected chi connectivity index (χ4v) is 2.15. The molecule has 0 bridgehead atoms. The Balaban J connectivity index is 2.36. The van der Waals surface area contributed by atoms with Crippen LogP contribution in [0.1, 0.15) is 38.8 Å². The molecule has 0 amide bonds. The molecule has 0 aromatic heterocycles. The molecule has 0 atom stereocenters. The first kappa shape index (κ1) is 16.9. The number of aromatic hydroxyl groups is 2. The van der Waals surface area contributed by atoms with Crippen molar-refractivity contribution in [3.05, 3.63) is 47.5 Å². The summed E-state index contributed by atoms with van der Waals surface area (Å²) in [7, 11) is 0. The number of ether oxygens (including phenoxy) is 1. The quantitative estimate of drug-likeness (QED) is 0.814. The van der Waals surface area contributed by atoms with Crippen molar-refractivity contribution < 1.29 is 14.9 Å². The van der Waals surface area contributed by atoms with Crippen molar-refractivity contribution in [1.82, 2.24) is 0 Å². The molecule has 2 N–H and O–H groups in total. The molecule has 4 nitrogen and oxygen atoms in total. The average molecular weight is 313 g/mol. The van der Waals surface area contributed by atoms with Gasteiger partial charge in [0, 0.05) is 11.8 Å². The Hall–Kier alpha value is -2.49. The monoisotopic (exact) mass is 313 g/mol. The van der Waals surface area contributed by atoms with Gasteiger partial charge in [0.25, 0.3) is 0 Å². The van der Waals surface area contributed by atoms with Crippen molar-refractivity contribution in [2.24, 2.45) is 4.99 Å². The molecule has 23 heavy (non-hydrogen) atoms. The maximum Gasteiger partial charge on any atom is 0.166 e. The van der Waals surface area contributed by atoms with Crippen molar-refractivity contribution in [1.29, 1.82) is 0 Å². The highest BCUT2D eigenvalue weighted by Crippen LogP contribution is 2.33. The van der Waals surface area contributed by atoms with Gasteiger partial charge in [0.15, 0.2) is 11.5 Å². The molecule has 122 valence electrons. The van der Waals surface area contributed by atoms with Crippen LogP contribution in [-0.4, -0.2) is 23.0 Å².